The summed E-state index contributed by atoms with van der Waals surface area (Å²) < 4.78 is 5.45. The van der Waals surface area contributed by atoms with Gasteiger partial charge in [-0.25, -0.2) is 0 Å². The summed E-state index contributed by atoms with van der Waals surface area (Å²) in [5.41, 5.74) is 3.90. The highest BCUT2D eigenvalue weighted by Crippen LogP contribution is 2.27. The molecular weight excluding hydrogens is 222 g/mol. The fraction of sp³-hybridized carbons (Fsp3) is 0.250. The van der Waals surface area contributed by atoms with Gasteiger partial charge in [-0.3, -0.25) is 0 Å². The van der Waals surface area contributed by atoms with Crippen molar-refractivity contribution in [3.8, 4) is 0 Å². The van der Waals surface area contributed by atoms with E-state index in [2.05, 4.69) is 59.5 Å². The molecule has 1 aliphatic heterocycles. The number of rotatable bonds is 2. The third-order valence-electron chi connectivity index (χ3n) is 3.31. The van der Waals surface area contributed by atoms with Crippen LogP contribution in [0.2, 0.25) is 0 Å². The SMILES string of the molecule is C1=CC(=C(c2ccccc2)N2CCOCC2)C=C1. The van der Waals surface area contributed by atoms with Crippen molar-refractivity contribution < 1.29 is 4.74 Å². The van der Waals surface area contributed by atoms with Crippen molar-refractivity contribution in [3.63, 3.8) is 0 Å². The van der Waals surface area contributed by atoms with E-state index in [9.17, 15) is 0 Å². The minimum absolute atomic E-state index is 0.817. The lowest BCUT2D eigenvalue weighted by Gasteiger charge is -2.32. The zero-order valence-corrected chi connectivity index (χ0v) is 10.4. The fourth-order valence-electron chi connectivity index (χ4n) is 2.45. The molecule has 1 heterocycles. The molecule has 0 radical (unpaired) electrons. The molecule has 1 saturated heterocycles. The van der Waals surface area contributed by atoms with Crippen LogP contribution in [0.25, 0.3) is 5.70 Å². The Balaban J connectivity index is 2.01. The number of ether oxygens (including phenoxy) is 1. The van der Waals surface area contributed by atoms with Gasteiger partial charge in [-0.1, -0.05) is 54.6 Å². The lowest BCUT2D eigenvalue weighted by atomic mass is 10.1. The average molecular weight is 239 g/mol. The van der Waals surface area contributed by atoms with Crippen LogP contribution >= 0.6 is 0 Å². The number of allylic oxidation sites excluding steroid dienone is 5. The van der Waals surface area contributed by atoms with Crippen LogP contribution in [0, 0.1) is 0 Å². The van der Waals surface area contributed by atoms with Gasteiger partial charge in [0.25, 0.3) is 0 Å². The van der Waals surface area contributed by atoms with Crippen LogP contribution in [0.15, 0.2) is 60.2 Å². The molecule has 0 N–H and O–H groups in total. The molecule has 0 unspecified atom stereocenters. The zero-order chi connectivity index (χ0) is 12.2. The summed E-state index contributed by atoms with van der Waals surface area (Å²) in [6.45, 7) is 3.57. The van der Waals surface area contributed by atoms with E-state index in [1.165, 1.54) is 16.8 Å². The summed E-state index contributed by atoms with van der Waals surface area (Å²) >= 11 is 0. The molecule has 0 saturated carbocycles. The standard InChI is InChI=1S/C16H17NO/c1-2-6-14(7-3-1)16(15-8-4-5-9-15)17-10-12-18-13-11-17/h1-9H,10-13H2. The van der Waals surface area contributed by atoms with Crippen molar-refractivity contribution in [2.75, 3.05) is 26.3 Å². The van der Waals surface area contributed by atoms with Gasteiger partial charge in [0.05, 0.1) is 18.9 Å². The molecule has 1 aliphatic carbocycles. The van der Waals surface area contributed by atoms with Gasteiger partial charge in [-0.05, 0) is 11.1 Å². The summed E-state index contributed by atoms with van der Waals surface area (Å²) in [5.74, 6) is 0. The maximum Gasteiger partial charge on any atom is 0.0642 e. The molecule has 1 fully saturated rings. The van der Waals surface area contributed by atoms with E-state index < -0.39 is 0 Å². The lowest BCUT2D eigenvalue weighted by molar-refractivity contribution is 0.0638. The van der Waals surface area contributed by atoms with Gasteiger partial charge in [0, 0.05) is 13.1 Å². The van der Waals surface area contributed by atoms with Crippen LogP contribution in [0.3, 0.4) is 0 Å². The monoisotopic (exact) mass is 239 g/mol. The molecule has 0 spiro atoms. The number of nitrogens with zero attached hydrogens (tertiary/aromatic N) is 1. The van der Waals surface area contributed by atoms with Gasteiger partial charge >= 0.3 is 0 Å². The van der Waals surface area contributed by atoms with E-state index in [-0.39, 0.29) is 0 Å². The van der Waals surface area contributed by atoms with Crippen molar-refractivity contribution in [1.29, 1.82) is 0 Å². The fourth-order valence-corrected chi connectivity index (χ4v) is 2.45. The quantitative estimate of drug-likeness (QED) is 0.787. The summed E-state index contributed by atoms with van der Waals surface area (Å²) in [4.78, 5) is 2.42. The Bertz CT molecular complexity index is 479. The maximum atomic E-state index is 5.45. The third-order valence-corrected chi connectivity index (χ3v) is 3.31. The Kier molecular flexibility index (Phi) is 3.29. The third kappa shape index (κ3) is 2.24. The van der Waals surface area contributed by atoms with E-state index in [0.717, 1.165) is 26.3 Å². The summed E-state index contributed by atoms with van der Waals surface area (Å²) in [6.07, 6.45) is 8.55. The molecule has 1 aromatic rings. The Morgan fingerprint density at radius 3 is 2.28 bits per heavy atom. The van der Waals surface area contributed by atoms with Gasteiger partial charge in [0.1, 0.15) is 0 Å². The zero-order valence-electron chi connectivity index (χ0n) is 10.4. The molecule has 0 atom stereocenters. The first-order chi connectivity index (χ1) is 8.95. The predicted octanol–water partition coefficient (Wildman–Crippen LogP) is 2.86. The van der Waals surface area contributed by atoms with Crippen molar-refractivity contribution in [2.24, 2.45) is 0 Å². The lowest BCUT2D eigenvalue weighted by Crippen LogP contribution is -2.35. The maximum absolute atomic E-state index is 5.45. The molecule has 18 heavy (non-hydrogen) atoms. The van der Waals surface area contributed by atoms with E-state index in [4.69, 9.17) is 4.74 Å². The van der Waals surface area contributed by atoms with Crippen LogP contribution < -0.4 is 0 Å². The van der Waals surface area contributed by atoms with E-state index in [1.54, 1.807) is 0 Å². The molecule has 2 nitrogen and oxygen atoms in total. The van der Waals surface area contributed by atoms with Gasteiger partial charge in [-0.2, -0.15) is 0 Å². The van der Waals surface area contributed by atoms with E-state index >= 15 is 0 Å². The Labute approximate surface area is 108 Å². The smallest absolute Gasteiger partial charge is 0.0642 e. The largest absolute Gasteiger partial charge is 0.378 e. The topological polar surface area (TPSA) is 12.5 Å². The Hall–Kier alpha value is -1.80. The highest BCUT2D eigenvalue weighted by molar-refractivity contribution is 5.73. The Morgan fingerprint density at radius 2 is 1.61 bits per heavy atom. The van der Waals surface area contributed by atoms with Crippen molar-refractivity contribution in [3.05, 3.63) is 65.8 Å². The van der Waals surface area contributed by atoms with E-state index in [1.807, 2.05) is 0 Å². The number of hydrogen-bond donors (Lipinski definition) is 0. The van der Waals surface area contributed by atoms with Crippen molar-refractivity contribution in [2.45, 2.75) is 0 Å². The van der Waals surface area contributed by atoms with Crippen LogP contribution in [0.5, 0.6) is 0 Å². The van der Waals surface area contributed by atoms with Crippen LogP contribution in [0.4, 0.5) is 0 Å². The first-order valence-electron chi connectivity index (χ1n) is 6.42. The molecule has 1 aromatic carbocycles. The van der Waals surface area contributed by atoms with Crippen LogP contribution in [0.1, 0.15) is 5.56 Å². The molecule has 2 heteroatoms. The number of benzene rings is 1. The number of hydrogen-bond acceptors (Lipinski definition) is 2. The van der Waals surface area contributed by atoms with Gasteiger partial charge < -0.3 is 9.64 Å². The molecule has 2 aliphatic rings. The second kappa shape index (κ2) is 5.23. The van der Waals surface area contributed by atoms with Crippen molar-refractivity contribution in [1.82, 2.24) is 4.90 Å². The average Bonchev–Trinajstić information content (AvgIpc) is 2.95. The molecular formula is C16H17NO. The van der Waals surface area contributed by atoms with Crippen molar-refractivity contribution >= 4 is 5.70 Å². The summed E-state index contributed by atoms with van der Waals surface area (Å²) in [5, 5.41) is 0. The minimum Gasteiger partial charge on any atom is -0.378 e. The minimum atomic E-state index is 0.817. The Morgan fingerprint density at radius 1 is 0.944 bits per heavy atom. The molecule has 0 aromatic heterocycles. The first-order valence-corrected chi connectivity index (χ1v) is 6.42. The van der Waals surface area contributed by atoms with E-state index in [0.29, 0.717) is 0 Å². The van der Waals surface area contributed by atoms with Gasteiger partial charge in [-0.15, -0.1) is 0 Å². The molecule has 0 amide bonds. The number of morpholine rings is 1. The highest BCUT2D eigenvalue weighted by atomic mass is 16.5. The first kappa shape index (κ1) is 11.3. The van der Waals surface area contributed by atoms with Crippen LogP contribution in [-0.2, 0) is 4.74 Å². The molecule has 3 rings (SSSR count). The van der Waals surface area contributed by atoms with Gasteiger partial charge in [0.2, 0.25) is 0 Å². The molecule has 92 valence electrons. The summed E-state index contributed by atoms with van der Waals surface area (Å²) in [6, 6.07) is 10.6. The predicted molar refractivity (Wildman–Crippen MR) is 74.0 cm³/mol. The second-order valence-corrected chi connectivity index (χ2v) is 4.49. The van der Waals surface area contributed by atoms with Crippen LogP contribution in [-0.4, -0.2) is 31.2 Å². The summed E-state index contributed by atoms with van der Waals surface area (Å²) in [7, 11) is 0. The second-order valence-electron chi connectivity index (χ2n) is 4.49. The normalized spacial score (nSPS) is 18.4. The van der Waals surface area contributed by atoms with Gasteiger partial charge in [0.15, 0.2) is 0 Å². The highest BCUT2D eigenvalue weighted by Gasteiger charge is 2.17. The molecule has 0 bridgehead atoms.